The third-order valence-electron chi connectivity index (χ3n) is 4.91. The predicted molar refractivity (Wildman–Crippen MR) is 95.2 cm³/mol. The number of rotatable bonds is 3. The van der Waals surface area contributed by atoms with Crippen molar-refractivity contribution in [2.45, 2.75) is 63.5 Å². The van der Waals surface area contributed by atoms with Crippen LogP contribution in [0.1, 0.15) is 61.7 Å². The zero-order chi connectivity index (χ0) is 17.6. The lowest BCUT2D eigenvalue weighted by Crippen LogP contribution is -2.46. The van der Waals surface area contributed by atoms with E-state index in [1.165, 1.54) is 19.3 Å². The Morgan fingerprint density at radius 2 is 1.72 bits per heavy atom. The summed E-state index contributed by atoms with van der Waals surface area (Å²) in [6.07, 6.45) is 7.89. The van der Waals surface area contributed by atoms with Crippen LogP contribution in [0.3, 0.4) is 0 Å². The summed E-state index contributed by atoms with van der Waals surface area (Å²) in [5, 5.41) is 8.43. The van der Waals surface area contributed by atoms with Crippen LogP contribution in [0.4, 0.5) is 5.69 Å². The van der Waals surface area contributed by atoms with Gasteiger partial charge in [-0.2, -0.15) is 0 Å². The molecule has 6 nitrogen and oxygen atoms in total. The normalized spacial score (nSPS) is 21.8. The smallest absolute Gasteiger partial charge is 0.254 e. The van der Waals surface area contributed by atoms with Crippen molar-refractivity contribution in [1.82, 2.24) is 10.6 Å². The van der Waals surface area contributed by atoms with E-state index in [9.17, 15) is 14.4 Å². The molecule has 6 heteroatoms. The summed E-state index contributed by atoms with van der Waals surface area (Å²) >= 11 is 0. The van der Waals surface area contributed by atoms with E-state index in [2.05, 4.69) is 16.0 Å². The molecular weight excluding hydrogens is 318 g/mol. The monoisotopic (exact) mass is 343 g/mol. The molecule has 2 aliphatic rings. The number of amides is 3. The highest BCUT2D eigenvalue weighted by atomic mass is 16.2. The molecule has 3 N–H and O–H groups in total. The minimum Gasteiger partial charge on any atom is -0.353 e. The molecule has 1 aromatic carbocycles. The van der Waals surface area contributed by atoms with E-state index in [-0.39, 0.29) is 30.2 Å². The Labute approximate surface area is 147 Å². The first kappa shape index (κ1) is 17.5. The molecule has 0 saturated heterocycles. The van der Waals surface area contributed by atoms with Gasteiger partial charge in [-0.05, 0) is 25.0 Å². The second-order valence-corrected chi connectivity index (χ2v) is 6.87. The van der Waals surface area contributed by atoms with Crippen molar-refractivity contribution in [2.24, 2.45) is 0 Å². The van der Waals surface area contributed by atoms with Crippen molar-refractivity contribution >= 4 is 23.4 Å². The maximum atomic E-state index is 12.4. The molecule has 1 aliphatic heterocycles. The largest absolute Gasteiger partial charge is 0.353 e. The van der Waals surface area contributed by atoms with Gasteiger partial charge in [0.1, 0.15) is 6.04 Å². The SMILES string of the molecule is O=C(CC1NC(=O)c2ccccc2NC1=O)NC1CCCCCCC1. The highest BCUT2D eigenvalue weighted by Gasteiger charge is 2.29. The van der Waals surface area contributed by atoms with E-state index >= 15 is 0 Å². The van der Waals surface area contributed by atoms with Crippen LogP contribution < -0.4 is 16.0 Å². The maximum Gasteiger partial charge on any atom is 0.254 e. The van der Waals surface area contributed by atoms with Crippen molar-refractivity contribution in [3.63, 3.8) is 0 Å². The van der Waals surface area contributed by atoms with Crippen LogP contribution in [0.2, 0.25) is 0 Å². The lowest BCUT2D eigenvalue weighted by atomic mass is 9.96. The molecule has 25 heavy (non-hydrogen) atoms. The fraction of sp³-hybridized carbons (Fsp3) is 0.526. The van der Waals surface area contributed by atoms with Crippen LogP contribution in [-0.4, -0.2) is 29.8 Å². The van der Waals surface area contributed by atoms with Crippen molar-refractivity contribution in [2.75, 3.05) is 5.32 Å². The van der Waals surface area contributed by atoms with Crippen LogP contribution in [0, 0.1) is 0 Å². The summed E-state index contributed by atoms with van der Waals surface area (Å²) in [7, 11) is 0. The molecular formula is C19H25N3O3. The fourth-order valence-electron chi connectivity index (χ4n) is 3.53. The molecule has 3 amide bonds. The van der Waals surface area contributed by atoms with Crippen LogP contribution in [0.15, 0.2) is 24.3 Å². The Morgan fingerprint density at radius 1 is 1.04 bits per heavy atom. The van der Waals surface area contributed by atoms with Crippen LogP contribution in [0.25, 0.3) is 0 Å². The zero-order valence-corrected chi connectivity index (χ0v) is 14.3. The first-order valence-electron chi connectivity index (χ1n) is 9.13. The van der Waals surface area contributed by atoms with E-state index in [4.69, 9.17) is 0 Å². The molecule has 1 atom stereocenters. The fourth-order valence-corrected chi connectivity index (χ4v) is 3.53. The number of anilines is 1. The molecule has 3 rings (SSSR count). The average Bonchev–Trinajstić information content (AvgIpc) is 2.67. The minimum atomic E-state index is -0.853. The van der Waals surface area contributed by atoms with Crippen LogP contribution >= 0.6 is 0 Å². The molecule has 1 heterocycles. The molecule has 0 radical (unpaired) electrons. The molecule has 134 valence electrons. The number of para-hydroxylation sites is 1. The van der Waals surface area contributed by atoms with Crippen LogP contribution in [-0.2, 0) is 9.59 Å². The summed E-state index contributed by atoms with van der Waals surface area (Å²) < 4.78 is 0. The van der Waals surface area contributed by atoms with Gasteiger partial charge in [0.2, 0.25) is 11.8 Å². The average molecular weight is 343 g/mol. The minimum absolute atomic E-state index is 0.0396. The number of carbonyl (C=O) groups is 3. The van der Waals surface area contributed by atoms with Gasteiger partial charge in [-0.25, -0.2) is 0 Å². The molecule has 0 spiro atoms. The second kappa shape index (κ2) is 8.14. The quantitative estimate of drug-likeness (QED) is 0.787. The Hall–Kier alpha value is -2.37. The van der Waals surface area contributed by atoms with E-state index in [1.807, 2.05) is 0 Å². The van der Waals surface area contributed by atoms with E-state index in [0.29, 0.717) is 11.3 Å². The summed E-state index contributed by atoms with van der Waals surface area (Å²) in [4.78, 5) is 37.0. The van der Waals surface area contributed by atoms with Crippen LogP contribution in [0.5, 0.6) is 0 Å². The number of nitrogens with one attached hydrogen (secondary N) is 3. The van der Waals surface area contributed by atoms with Gasteiger partial charge in [-0.3, -0.25) is 14.4 Å². The van der Waals surface area contributed by atoms with E-state index in [1.54, 1.807) is 24.3 Å². The molecule has 1 fully saturated rings. The summed E-state index contributed by atoms with van der Waals surface area (Å²) in [6, 6.07) is 6.16. The third-order valence-corrected chi connectivity index (χ3v) is 4.91. The van der Waals surface area contributed by atoms with Gasteiger partial charge in [-0.15, -0.1) is 0 Å². The third kappa shape index (κ3) is 4.59. The summed E-state index contributed by atoms with van der Waals surface area (Å²) in [6.45, 7) is 0. The van der Waals surface area contributed by atoms with Crippen molar-refractivity contribution in [3.05, 3.63) is 29.8 Å². The standard InChI is InChI=1S/C19H25N3O3/c23-17(20-13-8-4-2-1-3-5-9-13)12-16-19(25)21-15-11-7-6-10-14(15)18(24)22-16/h6-7,10-11,13,16H,1-5,8-9,12H2,(H,20,23)(H,21,25)(H,22,24). The zero-order valence-electron chi connectivity index (χ0n) is 14.3. The summed E-state index contributed by atoms with van der Waals surface area (Å²) in [5.74, 6) is -0.874. The number of hydrogen-bond acceptors (Lipinski definition) is 3. The first-order chi connectivity index (χ1) is 12.1. The Morgan fingerprint density at radius 3 is 2.48 bits per heavy atom. The Balaban J connectivity index is 1.59. The van der Waals surface area contributed by atoms with Crippen molar-refractivity contribution in [3.8, 4) is 0 Å². The molecule has 1 unspecified atom stereocenters. The molecule has 0 bridgehead atoms. The van der Waals surface area contributed by atoms with E-state index < -0.39 is 6.04 Å². The Kier molecular flexibility index (Phi) is 5.68. The van der Waals surface area contributed by atoms with Gasteiger partial charge in [0, 0.05) is 6.04 Å². The van der Waals surface area contributed by atoms with Crippen molar-refractivity contribution in [1.29, 1.82) is 0 Å². The topological polar surface area (TPSA) is 87.3 Å². The first-order valence-corrected chi connectivity index (χ1v) is 9.13. The molecule has 1 saturated carbocycles. The maximum absolute atomic E-state index is 12.4. The highest BCUT2D eigenvalue weighted by molar-refractivity contribution is 6.10. The lowest BCUT2D eigenvalue weighted by molar-refractivity contribution is -0.126. The Bertz CT molecular complexity index is 651. The number of hydrogen-bond donors (Lipinski definition) is 3. The predicted octanol–water partition coefficient (Wildman–Crippen LogP) is 2.36. The van der Waals surface area contributed by atoms with Gasteiger partial charge in [0.25, 0.3) is 5.91 Å². The number of fused-ring (bicyclic) bond motifs is 1. The van der Waals surface area contributed by atoms with E-state index in [0.717, 1.165) is 25.7 Å². The van der Waals surface area contributed by atoms with Gasteiger partial charge < -0.3 is 16.0 Å². The summed E-state index contributed by atoms with van der Waals surface area (Å²) in [5.41, 5.74) is 0.895. The molecule has 1 aliphatic carbocycles. The molecule has 0 aromatic heterocycles. The molecule has 1 aromatic rings. The van der Waals surface area contributed by atoms with Crippen molar-refractivity contribution < 1.29 is 14.4 Å². The van der Waals surface area contributed by atoms with Gasteiger partial charge in [0.15, 0.2) is 0 Å². The van der Waals surface area contributed by atoms with Gasteiger partial charge in [0.05, 0.1) is 17.7 Å². The highest BCUT2D eigenvalue weighted by Crippen LogP contribution is 2.20. The van der Waals surface area contributed by atoms with Gasteiger partial charge in [-0.1, -0.05) is 44.2 Å². The lowest BCUT2D eigenvalue weighted by Gasteiger charge is -2.22. The number of benzene rings is 1. The second-order valence-electron chi connectivity index (χ2n) is 6.87. The van der Waals surface area contributed by atoms with Gasteiger partial charge >= 0.3 is 0 Å². The number of carbonyl (C=O) groups excluding carboxylic acids is 3.